The molecule has 0 aromatic heterocycles. The molecule has 0 radical (unpaired) electrons. The van der Waals surface area contributed by atoms with Crippen LogP contribution in [0.15, 0.2) is 48.5 Å². The lowest BCUT2D eigenvalue weighted by atomic mass is 9.86. The Morgan fingerprint density at radius 3 is 2.28 bits per heavy atom. The number of rotatable bonds is 3. The SMILES string of the molecule is COc1ccc(C(C)(N)c2cccc(Cl)c2)cc1. The van der Waals surface area contributed by atoms with Gasteiger partial charge in [0.2, 0.25) is 0 Å². The predicted molar refractivity (Wildman–Crippen MR) is 75.1 cm³/mol. The maximum Gasteiger partial charge on any atom is 0.118 e. The van der Waals surface area contributed by atoms with Gasteiger partial charge < -0.3 is 10.5 Å². The maximum absolute atomic E-state index is 6.42. The van der Waals surface area contributed by atoms with E-state index in [-0.39, 0.29) is 0 Å². The fourth-order valence-electron chi connectivity index (χ4n) is 1.92. The summed E-state index contributed by atoms with van der Waals surface area (Å²) in [6.07, 6.45) is 0. The van der Waals surface area contributed by atoms with Crippen molar-refractivity contribution in [2.24, 2.45) is 5.73 Å². The summed E-state index contributed by atoms with van der Waals surface area (Å²) in [7, 11) is 1.65. The number of methoxy groups -OCH3 is 1. The van der Waals surface area contributed by atoms with Crippen LogP contribution in [-0.2, 0) is 5.54 Å². The molecule has 0 aliphatic rings. The Balaban J connectivity index is 2.40. The van der Waals surface area contributed by atoms with E-state index in [2.05, 4.69) is 0 Å². The van der Waals surface area contributed by atoms with E-state index in [1.165, 1.54) is 0 Å². The van der Waals surface area contributed by atoms with Gasteiger partial charge in [-0.1, -0.05) is 35.9 Å². The molecule has 0 bridgehead atoms. The topological polar surface area (TPSA) is 35.2 Å². The van der Waals surface area contributed by atoms with Crippen LogP contribution in [0.3, 0.4) is 0 Å². The highest BCUT2D eigenvalue weighted by Gasteiger charge is 2.23. The van der Waals surface area contributed by atoms with Crippen molar-refractivity contribution in [1.82, 2.24) is 0 Å². The molecule has 1 unspecified atom stereocenters. The molecule has 0 spiro atoms. The molecule has 0 amide bonds. The predicted octanol–water partition coefficient (Wildman–Crippen LogP) is 3.57. The van der Waals surface area contributed by atoms with Crippen molar-refractivity contribution in [3.63, 3.8) is 0 Å². The van der Waals surface area contributed by atoms with Gasteiger partial charge in [-0.05, 0) is 42.3 Å². The van der Waals surface area contributed by atoms with Gasteiger partial charge in [0, 0.05) is 5.02 Å². The Morgan fingerprint density at radius 1 is 1.06 bits per heavy atom. The van der Waals surface area contributed by atoms with Crippen LogP contribution in [0.1, 0.15) is 18.1 Å². The van der Waals surface area contributed by atoms with Crippen molar-refractivity contribution >= 4 is 11.6 Å². The average molecular weight is 262 g/mol. The fourth-order valence-corrected chi connectivity index (χ4v) is 2.11. The summed E-state index contributed by atoms with van der Waals surface area (Å²) in [5, 5.41) is 0.692. The highest BCUT2D eigenvalue weighted by Crippen LogP contribution is 2.29. The summed E-state index contributed by atoms with van der Waals surface area (Å²) < 4.78 is 5.14. The van der Waals surface area contributed by atoms with Crippen LogP contribution in [0.5, 0.6) is 5.75 Å². The van der Waals surface area contributed by atoms with E-state index in [1.807, 2.05) is 55.5 Å². The second kappa shape index (κ2) is 5.01. The van der Waals surface area contributed by atoms with E-state index < -0.39 is 5.54 Å². The van der Waals surface area contributed by atoms with Gasteiger partial charge in [0.25, 0.3) is 0 Å². The van der Waals surface area contributed by atoms with Crippen molar-refractivity contribution in [3.05, 3.63) is 64.7 Å². The average Bonchev–Trinajstić information content (AvgIpc) is 2.39. The summed E-state index contributed by atoms with van der Waals surface area (Å²) in [6.45, 7) is 1.97. The third-order valence-corrected chi connectivity index (χ3v) is 3.35. The number of nitrogens with two attached hydrogens (primary N) is 1. The van der Waals surface area contributed by atoms with Gasteiger partial charge in [0.15, 0.2) is 0 Å². The highest BCUT2D eigenvalue weighted by molar-refractivity contribution is 6.30. The molecular weight excluding hydrogens is 246 g/mol. The molecule has 2 nitrogen and oxygen atoms in total. The third kappa shape index (κ3) is 2.50. The smallest absolute Gasteiger partial charge is 0.118 e. The van der Waals surface area contributed by atoms with Crippen LogP contribution in [0.4, 0.5) is 0 Å². The van der Waals surface area contributed by atoms with Gasteiger partial charge in [-0.25, -0.2) is 0 Å². The quantitative estimate of drug-likeness (QED) is 0.917. The van der Waals surface area contributed by atoms with Crippen LogP contribution in [0.25, 0.3) is 0 Å². The molecule has 2 N–H and O–H groups in total. The summed E-state index contributed by atoms with van der Waals surface area (Å²) >= 11 is 6.01. The second-order valence-corrected chi connectivity index (χ2v) is 4.88. The standard InChI is InChI=1S/C15H16ClNO/c1-15(17,12-4-3-5-13(16)10-12)11-6-8-14(18-2)9-7-11/h3-10H,17H2,1-2H3. The Labute approximate surface area is 112 Å². The van der Waals surface area contributed by atoms with Gasteiger partial charge in [-0.3, -0.25) is 0 Å². The van der Waals surface area contributed by atoms with Gasteiger partial charge >= 0.3 is 0 Å². The van der Waals surface area contributed by atoms with Gasteiger partial charge in [-0.2, -0.15) is 0 Å². The van der Waals surface area contributed by atoms with Crippen molar-refractivity contribution < 1.29 is 4.74 Å². The largest absolute Gasteiger partial charge is 0.497 e. The zero-order valence-electron chi connectivity index (χ0n) is 10.5. The monoisotopic (exact) mass is 261 g/mol. The van der Waals surface area contributed by atoms with Crippen molar-refractivity contribution in [1.29, 1.82) is 0 Å². The molecule has 1 atom stereocenters. The highest BCUT2D eigenvalue weighted by atomic mass is 35.5. The van der Waals surface area contributed by atoms with Crippen molar-refractivity contribution in [2.45, 2.75) is 12.5 Å². The third-order valence-electron chi connectivity index (χ3n) is 3.11. The normalized spacial score (nSPS) is 14.0. The zero-order chi connectivity index (χ0) is 13.2. The van der Waals surface area contributed by atoms with Crippen LogP contribution < -0.4 is 10.5 Å². The molecule has 2 aromatic carbocycles. The van der Waals surface area contributed by atoms with Crippen LogP contribution in [0, 0.1) is 0 Å². The van der Waals surface area contributed by atoms with E-state index in [4.69, 9.17) is 22.1 Å². The molecule has 0 fully saturated rings. The lowest BCUT2D eigenvalue weighted by Gasteiger charge is -2.26. The molecule has 18 heavy (non-hydrogen) atoms. The van der Waals surface area contributed by atoms with Crippen molar-refractivity contribution in [3.8, 4) is 5.75 Å². The lowest BCUT2D eigenvalue weighted by Crippen LogP contribution is -2.34. The molecule has 3 heteroatoms. The first-order chi connectivity index (χ1) is 8.54. The van der Waals surface area contributed by atoms with E-state index in [9.17, 15) is 0 Å². The lowest BCUT2D eigenvalue weighted by molar-refractivity contribution is 0.414. The first kappa shape index (κ1) is 12.9. The fraction of sp³-hybridized carbons (Fsp3) is 0.200. The maximum atomic E-state index is 6.42. The Bertz CT molecular complexity index is 534. The van der Waals surface area contributed by atoms with Crippen molar-refractivity contribution in [2.75, 3.05) is 7.11 Å². The zero-order valence-corrected chi connectivity index (χ0v) is 11.2. The molecule has 2 aromatic rings. The van der Waals surface area contributed by atoms with Crippen LogP contribution in [0.2, 0.25) is 5.02 Å². The summed E-state index contributed by atoms with van der Waals surface area (Å²) in [5.41, 5.74) is 7.85. The number of benzene rings is 2. The number of hydrogen-bond acceptors (Lipinski definition) is 2. The van der Waals surface area contributed by atoms with Crippen LogP contribution in [-0.4, -0.2) is 7.11 Å². The number of ether oxygens (including phenoxy) is 1. The minimum atomic E-state index is -0.572. The summed E-state index contributed by atoms with van der Waals surface area (Å²) in [6, 6.07) is 15.4. The molecule has 94 valence electrons. The summed E-state index contributed by atoms with van der Waals surface area (Å²) in [4.78, 5) is 0. The molecule has 0 saturated heterocycles. The first-order valence-electron chi connectivity index (χ1n) is 5.73. The molecule has 0 saturated carbocycles. The molecular formula is C15H16ClNO. The van der Waals surface area contributed by atoms with E-state index in [0.717, 1.165) is 16.9 Å². The molecule has 0 aliphatic carbocycles. The first-order valence-corrected chi connectivity index (χ1v) is 6.11. The molecule has 0 heterocycles. The summed E-state index contributed by atoms with van der Waals surface area (Å²) in [5.74, 6) is 0.820. The number of halogens is 1. The Morgan fingerprint density at radius 2 is 1.72 bits per heavy atom. The van der Waals surface area contributed by atoms with Crippen LogP contribution >= 0.6 is 11.6 Å². The van der Waals surface area contributed by atoms with Gasteiger partial charge in [0.1, 0.15) is 5.75 Å². The van der Waals surface area contributed by atoms with E-state index in [1.54, 1.807) is 7.11 Å². The Hall–Kier alpha value is -1.51. The minimum absolute atomic E-state index is 0.572. The van der Waals surface area contributed by atoms with E-state index in [0.29, 0.717) is 5.02 Å². The Kier molecular flexibility index (Phi) is 3.60. The minimum Gasteiger partial charge on any atom is -0.497 e. The van der Waals surface area contributed by atoms with E-state index >= 15 is 0 Å². The molecule has 0 aliphatic heterocycles. The van der Waals surface area contributed by atoms with Gasteiger partial charge in [0.05, 0.1) is 12.6 Å². The molecule has 2 rings (SSSR count). The van der Waals surface area contributed by atoms with Gasteiger partial charge in [-0.15, -0.1) is 0 Å². The number of hydrogen-bond donors (Lipinski definition) is 1. The second-order valence-electron chi connectivity index (χ2n) is 4.44.